The zero-order valence-electron chi connectivity index (χ0n) is 8.71. The maximum absolute atomic E-state index is 11.8. The summed E-state index contributed by atoms with van der Waals surface area (Å²) in [6, 6.07) is 2.71. The summed E-state index contributed by atoms with van der Waals surface area (Å²) in [4.78, 5) is 15.2. The highest BCUT2D eigenvalue weighted by molar-refractivity contribution is 5.94. The van der Waals surface area contributed by atoms with E-state index >= 15 is 0 Å². The lowest BCUT2D eigenvalue weighted by Crippen LogP contribution is -2.28. The molecule has 0 saturated carbocycles. The van der Waals surface area contributed by atoms with E-state index in [9.17, 15) is 18.0 Å². The molecular formula is C9H11F3N4O. The van der Waals surface area contributed by atoms with Gasteiger partial charge in [0.25, 0.3) is 5.91 Å². The third-order valence-electron chi connectivity index (χ3n) is 1.86. The van der Waals surface area contributed by atoms with Crippen molar-refractivity contribution in [3.05, 3.63) is 23.9 Å². The maximum atomic E-state index is 11.8. The zero-order valence-corrected chi connectivity index (χ0v) is 8.71. The molecule has 1 aromatic heterocycles. The second-order valence-corrected chi connectivity index (χ2v) is 3.20. The number of carbonyl (C=O) groups excluding carboxylic acids is 1. The molecular weight excluding hydrogens is 237 g/mol. The fourth-order valence-electron chi connectivity index (χ4n) is 1.07. The Morgan fingerprint density at radius 1 is 1.47 bits per heavy atom. The molecule has 5 nitrogen and oxygen atoms in total. The Morgan fingerprint density at radius 2 is 2.18 bits per heavy atom. The minimum absolute atomic E-state index is 0.190. The van der Waals surface area contributed by atoms with Crippen LogP contribution in [0.5, 0.6) is 0 Å². The predicted octanol–water partition coefficient (Wildman–Crippen LogP) is 1.05. The smallest absolute Gasteiger partial charge is 0.352 e. The highest BCUT2D eigenvalue weighted by Crippen LogP contribution is 2.18. The Balaban J connectivity index is 2.52. The molecule has 17 heavy (non-hydrogen) atoms. The second-order valence-electron chi connectivity index (χ2n) is 3.20. The van der Waals surface area contributed by atoms with Gasteiger partial charge < -0.3 is 10.7 Å². The molecule has 1 heterocycles. The molecule has 0 aliphatic carbocycles. The molecule has 4 N–H and O–H groups in total. The lowest BCUT2D eigenvalue weighted by molar-refractivity contribution is -0.132. The van der Waals surface area contributed by atoms with E-state index in [1.165, 1.54) is 18.3 Å². The van der Waals surface area contributed by atoms with Crippen LogP contribution in [0.2, 0.25) is 0 Å². The van der Waals surface area contributed by atoms with Crippen molar-refractivity contribution in [1.29, 1.82) is 0 Å². The van der Waals surface area contributed by atoms with Crippen molar-refractivity contribution in [3.8, 4) is 0 Å². The van der Waals surface area contributed by atoms with Gasteiger partial charge in [0.2, 0.25) is 0 Å². The summed E-state index contributed by atoms with van der Waals surface area (Å²) in [6.45, 7) is -0.462. The number of carbonyl (C=O) groups is 1. The fourth-order valence-corrected chi connectivity index (χ4v) is 1.07. The minimum atomic E-state index is -4.28. The van der Waals surface area contributed by atoms with Gasteiger partial charge >= 0.3 is 6.18 Å². The first-order valence-electron chi connectivity index (χ1n) is 4.70. The number of nitrogens with zero attached hydrogens (tertiary/aromatic N) is 1. The Bertz CT molecular complexity index is 394. The standard InChI is InChI=1S/C9H11F3N4O/c10-9(11,12)2-4-15-8(17)6-1-3-14-7(5-6)16-13/h1,3,5H,2,4,13H2,(H,14,16)(H,15,17). The first-order valence-corrected chi connectivity index (χ1v) is 4.70. The number of nitrogens with two attached hydrogens (primary N) is 1. The summed E-state index contributed by atoms with van der Waals surface area (Å²) in [6.07, 6.45) is -4.02. The molecule has 0 bridgehead atoms. The number of aromatic nitrogens is 1. The van der Waals surface area contributed by atoms with E-state index in [1.807, 2.05) is 0 Å². The molecule has 94 valence electrons. The molecule has 0 fully saturated rings. The fraction of sp³-hybridized carbons (Fsp3) is 0.333. The Morgan fingerprint density at radius 3 is 2.76 bits per heavy atom. The number of anilines is 1. The number of alkyl halides is 3. The zero-order chi connectivity index (χ0) is 12.9. The molecule has 0 spiro atoms. The average molecular weight is 248 g/mol. The number of rotatable bonds is 4. The van der Waals surface area contributed by atoms with Crippen molar-refractivity contribution in [2.24, 2.45) is 5.84 Å². The van der Waals surface area contributed by atoms with Gasteiger partial charge in [0.15, 0.2) is 0 Å². The van der Waals surface area contributed by atoms with Crippen molar-refractivity contribution in [2.75, 3.05) is 12.0 Å². The van der Waals surface area contributed by atoms with E-state index in [0.29, 0.717) is 0 Å². The van der Waals surface area contributed by atoms with Crippen LogP contribution < -0.4 is 16.6 Å². The third kappa shape index (κ3) is 4.68. The molecule has 8 heteroatoms. The summed E-state index contributed by atoms with van der Waals surface area (Å²) in [5.74, 6) is 4.74. The van der Waals surface area contributed by atoms with Gasteiger partial charge in [-0.3, -0.25) is 4.79 Å². The number of halogens is 3. The summed E-state index contributed by atoms with van der Waals surface area (Å²) in [5, 5.41) is 2.15. The molecule has 0 aromatic carbocycles. The molecule has 0 unspecified atom stereocenters. The van der Waals surface area contributed by atoms with Crippen LogP contribution in [0.15, 0.2) is 18.3 Å². The maximum Gasteiger partial charge on any atom is 0.390 e. The summed E-state index contributed by atoms with van der Waals surface area (Å²) in [7, 11) is 0. The van der Waals surface area contributed by atoms with Crippen molar-refractivity contribution in [1.82, 2.24) is 10.3 Å². The van der Waals surface area contributed by atoms with Crippen LogP contribution in [0.1, 0.15) is 16.8 Å². The normalized spacial score (nSPS) is 11.1. The molecule has 0 saturated heterocycles. The molecule has 1 amide bonds. The van der Waals surface area contributed by atoms with Crippen molar-refractivity contribution in [3.63, 3.8) is 0 Å². The summed E-state index contributed by atoms with van der Waals surface area (Å²) < 4.78 is 35.5. The number of hydrogen-bond acceptors (Lipinski definition) is 4. The SMILES string of the molecule is NNc1cc(C(=O)NCCC(F)(F)F)ccn1. The number of nitrogens with one attached hydrogen (secondary N) is 2. The minimum Gasteiger partial charge on any atom is -0.352 e. The average Bonchev–Trinajstić information content (AvgIpc) is 2.27. The molecule has 1 rings (SSSR count). The number of pyridine rings is 1. The van der Waals surface area contributed by atoms with E-state index in [4.69, 9.17) is 5.84 Å². The molecule has 0 aliphatic heterocycles. The van der Waals surface area contributed by atoms with Gasteiger partial charge in [-0.05, 0) is 12.1 Å². The number of nitrogen functional groups attached to an aromatic ring is 1. The first-order chi connectivity index (χ1) is 7.92. The second kappa shape index (κ2) is 5.48. The van der Waals surface area contributed by atoms with Crippen LogP contribution >= 0.6 is 0 Å². The van der Waals surface area contributed by atoms with Crippen LogP contribution in [0.25, 0.3) is 0 Å². The van der Waals surface area contributed by atoms with E-state index in [0.717, 1.165) is 0 Å². The van der Waals surface area contributed by atoms with Gasteiger partial charge in [0.05, 0.1) is 6.42 Å². The summed E-state index contributed by atoms with van der Waals surface area (Å²) in [5.41, 5.74) is 2.42. The van der Waals surface area contributed by atoms with Crippen LogP contribution in [0.4, 0.5) is 19.0 Å². The largest absolute Gasteiger partial charge is 0.390 e. The number of hydrazine groups is 1. The molecule has 0 atom stereocenters. The lowest BCUT2D eigenvalue weighted by atomic mass is 10.2. The third-order valence-corrected chi connectivity index (χ3v) is 1.86. The first kappa shape index (κ1) is 13.2. The topological polar surface area (TPSA) is 80.0 Å². The Hall–Kier alpha value is -1.83. The van der Waals surface area contributed by atoms with Gasteiger partial charge in [-0.15, -0.1) is 0 Å². The van der Waals surface area contributed by atoms with Gasteiger partial charge in [-0.25, -0.2) is 10.8 Å². The molecule has 1 aromatic rings. The van der Waals surface area contributed by atoms with Crippen LogP contribution in [-0.4, -0.2) is 23.6 Å². The summed E-state index contributed by atoms with van der Waals surface area (Å²) >= 11 is 0. The van der Waals surface area contributed by atoms with Gasteiger partial charge in [-0.1, -0.05) is 0 Å². The van der Waals surface area contributed by atoms with E-state index in [-0.39, 0.29) is 11.4 Å². The van der Waals surface area contributed by atoms with E-state index in [1.54, 1.807) is 0 Å². The quantitative estimate of drug-likeness (QED) is 0.549. The van der Waals surface area contributed by atoms with Gasteiger partial charge in [-0.2, -0.15) is 13.2 Å². The van der Waals surface area contributed by atoms with Crippen LogP contribution in [0, 0.1) is 0 Å². The Labute approximate surface area is 95.2 Å². The highest BCUT2D eigenvalue weighted by Gasteiger charge is 2.26. The lowest BCUT2D eigenvalue weighted by Gasteiger charge is -2.08. The predicted molar refractivity (Wildman–Crippen MR) is 55.1 cm³/mol. The van der Waals surface area contributed by atoms with Crippen molar-refractivity contribution < 1.29 is 18.0 Å². The van der Waals surface area contributed by atoms with Crippen molar-refractivity contribution >= 4 is 11.7 Å². The molecule has 0 aliphatic rings. The Kier molecular flexibility index (Phi) is 4.27. The van der Waals surface area contributed by atoms with Gasteiger partial charge in [0.1, 0.15) is 5.82 Å². The number of amides is 1. The van der Waals surface area contributed by atoms with Crippen LogP contribution in [-0.2, 0) is 0 Å². The highest BCUT2D eigenvalue weighted by atomic mass is 19.4. The van der Waals surface area contributed by atoms with Crippen molar-refractivity contribution in [2.45, 2.75) is 12.6 Å². The number of hydrogen-bond donors (Lipinski definition) is 3. The van der Waals surface area contributed by atoms with Gasteiger partial charge in [0, 0.05) is 18.3 Å². The monoisotopic (exact) mass is 248 g/mol. The molecule has 0 radical (unpaired) electrons. The van der Waals surface area contributed by atoms with E-state index < -0.39 is 25.0 Å². The van der Waals surface area contributed by atoms with Crippen LogP contribution in [0.3, 0.4) is 0 Å². The van der Waals surface area contributed by atoms with E-state index in [2.05, 4.69) is 15.7 Å².